The molecule has 1 aliphatic heterocycles. The van der Waals surface area contributed by atoms with Crippen molar-refractivity contribution < 1.29 is 28.9 Å². The summed E-state index contributed by atoms with van der Waals surface area (Å²) in [5.74, 6) is -0.597. The maximum atomic E-state index is 10.0. The van der Waals surface area contributed by atoms with E-state index in [9.17, 15) is 9.59 Å². The molecule has 0 aliphatic carbocycles. The van der Waals surface area contributed by atoms with Gasteiger partial charge in [0.15, 0.2) is 0 Å². The summed E-state index contributed by atoms with van der Waals surface area (Å²) in [4.78, 5) is 20.0. The van der Waals surface area contributed by atoms with Crippen LogP contribution in [0.3, 0.4) is 0 Å². The van der Waals surface area contributed by atoms with E-state index in [1.165, 1.54) is 14.0 Å². The van der Waals surface area contributed by atoms with Crippen LogP contribution in [0.1, 0.15) is 13.8 Å². The van der Waals surface area contributed by atoms with E-state index in [0.717, 1.165) is 0 Å². The first-order chi connectivity index (χ1) is 6.47. The van der Waals surface area contributed by atoms with Crippen LogP contribution in [0.2, 0.25) is 0 Å². The van der Waals surface area contributed by atoms with Crippen LogP contribution in [0, 0.1) is 0 Å². The normalized spacial score (nSPS) is 21.1. The first-order valence-electron chi connectivity index (χ1n) is 4.06. The number of hydrogen-bond donors (Lipinski definition) is 1. The number of ether oxygens (including phenoxy) is 3. The molecule has 14 heavy (non-hydrogen) atoms. The molecule has 1 N–H and O–H groups in total. The molecule has 2 unspecified atom stereocenters. The van der Waals surface area contributed by atoms with E-state index < -0.39 is 18.2 Å². The molecule has 1 fully saturated rings. The molecule has 2 atom stereocenters. The monoisotopic (exact) mass is 206 g/mol. The topological polar surface area (TPSA) is 82.1 Å². The molecule has 0 saturated carbocycles. The lowest BCUT2D eigenvalue weighted by atomic mass is 10.4. The van der Waals surface area contributed by atoms with Gasteiger partial charge in [-0.05, 0) is 13.8 Å². The zero-order chi connectivity index (χ0) is 11.1. The third-order valence-corrected chi connectivity index (χ3v) is 1.28. The fraction of sp³-hybridized carbons (Fsp3) is 0.750. The van der Waals surface area contributed by atoms with Crippen molar-refractivity contribution in [1.82, 2.24) is 0 Å². The second-order valence-electron chi connectivity index (χ2n) is 2.69. The number of rotatable bonds is 1. The van der Waals surface area contributed by atoms with Crippen LogP contribution in [0.5, 0.6) is 0 Å². The van der Waals surface area contributed by atoms with Crippen molar-refractivity contribution in [2.45, 2.75) is 26.1 Å². The van der Waals surface area contributed by atoms with Gasteiger partial charge in [-0.15, -0.1) is 0 Å². The van der Waals surface area contributed by atoms with Gasteiger partial charge in [0.05, 0.1) is 7.11 Å². The van der Waals surface area contributed by atoms with Gasteiger partial charge in [0.1, 0.15) is 18.8 Å². The summed E-state index contributed by atoms with van der Waals surface area (Å²) in [6.07, 6.45) is -1.59. The quantitative estimate of drug-likeness (QED) is 0.612. The van der Waals surface area contributed by atoms with Crippen molar-refractivity contribution in [3.05, 3.63) is 0 Å². The zero-order valence-corrected chi connectivity index (χ0v) is 8.35. The van der Waals surface area contributed by atoms with Crippen LogP contribution in [-0.4, -0.2) is 43.2 Å². The number of carbonyl (C=O) groups is 2. The summed E-state index contributed by atoms with van der Waals surface area (Å²) in [7, 11) is 1.23. The molecule has 1 heterocycles. The molecular formula is C8H14O6. The molecule has 0 spiro atoms. The Hall–Kier alpha value is -1.30. The minimum absolute atomic E-state index is 0.0486. The molecule has 6 heteroatoms. The Bertz CT molecular complexity index is 200. The number of aliphatic hydroxyl groups excluding tert-OH is 1. The summed E-state index contributed by atoms with van der Waals surface area (Å²) in [6, 6.07) is 0. The van der Waals surface area contributed by atoms with E-state index in [-0.39, 0.29) is 6.10 Å². The molecule has 0 bridgehead atoms. The van der Waals surface area contributed by atoms with Gasteiger partial charge >= 0.3 is 12.1 Å². The summed E-state index contributed by atoms with van der Waals surface area (Å²) in [5, 5.41) is 8.35. The lowest BCUT2D eigenvalue weighted by Gasteiger charge is -1.97. The molecular weight excluding hydrogens is 192 g/mol. The fourth-order valence-electron chi connectivity index (χ4n) is 0.588. The van der Waals surface area contributed by atoms with Gasteiger partial charge in [0.25, 0.3) is 0 Å². The lowest BCUT2D eigenvalue weighted by Crippen LogP contribution is -2.16. The number of aliphatic hydroxyl groups is 1. The van der Waals surface area contributed by atoms with Crippen molar-refractivity contribution in [2.24, 2.45) is 0 Å². The Labute approximate surface area is 81.8 Å². The second kappa shape index (κ2) is 6.20. The molecule has 0 aromatic rings. The largest absolute Gasteiger partial charge is 0.508 e. The molecule has 0 aromatic heterocycles. The predicted octanol–water partition coefficient (Wildman–Crippen LogP) is 0.0819. The van der Waals surface area contributed by atoms with Crippen LogP contribution in [0.25, 0.3) is 0 Å². The summed E-state index contributed by atoms with van der Waals surface area (Å²) in [6.45, 7) is 3.54. The highest BCUT2D eigenvalue weighted by atomic mass is 16.8. The standard InChI is InChI=1S/C4H6O3.C4H8O3/c1-3-2-6-4(5)7-3;1-3(5)4(6)7-2/h3H,2H2,1H3;3,5H,1-2H3. The van der Waals surface area contributed by atoms with Gasteiger partial charge < -0.3 is 19.3 Å². The van der Waals surface area contributed by atoms with Crippen LogP contribution in [0.4, 0.5) is 4.79 Å². The van der Waals surface area contributed by atoms with Crippen molar-refractivity contribution in [1.29, 1.82) is 0 Å². The van der Waals surface area contributed by atoms with Gasteiger partial charge in [-0.3, -0.25) is 0 Å². The van der Waals surface area contributed by atoms with Crippen molar-refractivity contribution >= 4 is 12.1 Å². The average Bonchev–Trinajstić information content (AvgIpc) is 2.49. The van der Waals surface area contributed by atoms with Crippen molar-refractivity contribution in [3.63, 3.8) is 0 Å². The van der Waals surface area contributed by atoms with E-state index in [4.69, 9.17) is 5.11 Å². The maximum Gasteiger partial charge on any atom is 0.508 e. The molecule has 6 nitrogen and oxygen atoms in total. The van der Waals surface area contributed by atoms with Gasteiger partial charge in [-0.25, -0.2) is 9.59 Å². The van der Waals surface area contributed by atoms with Crippen LogP contribution in [0.15, 0.2) is 0 Å². The highest BCUT2D eigenvalue weighted by Crippen LogP contribution is 2.02. The molecule has 0 radical (unpaired) electrons. The summed E-state index contributed by atoms with van der Waals surface area (Å²) < 4.78 is 13.0. The number of carbonyl (C=O) groups excluding carboxylic acids is 2. The predicted molar refractivity (Wildman–Crippen MR) is 45.6 cm³/mol. The lowest BCUT2D eigenvalue weighted by molar-refractivity contribution is -0.149. The Morgan fingerprint density at radius 3 is 2.36 bits per heavy atom. The van der Waals surface area contributed by atoms with E-state index in [1.807, 2.05) is 0 Å². The Morgan fingerprint density at radius 2 is 2.29 bits per heavy atom. The number of cyclic esters (lactones) is 2. The van der Waals surface area contributed by atoms with Gasteiger partial charge in [-0.1, -0.05) is 0 Å². The van der Waals surface area contributed by atoms with Crippen LogP contribution >= 0.6 is 0 Å². The first-order valence-corrected chi connectivity index (χ1v) is 4.06. The van der Waals surface area contributed by atoms with Crippen molar-refractivity contribution in [3.8, 4) is 0 Å². The molecule has 1 rings (SSSR count). The van der Waals surface area contributed by atoms with Gasteiger partial charge in [-0.2, -0.15) is 0 Å². The fourth-order valence-corrected chi connectivity index (χ4v) is 0.588. The molecule has 1 aliphatic rings. The SMILES string of the molecule is CC1COC(=O)O1.COC(=O)C(C)O. The van der Waals surface area contributed by atoms with Gasteiger partial charge in [0.2, 0.25) is 0 Å². The Balaban J connectivity index is 0.000000241. The highest BCUT2D eigenvalue weighted by molar-refractivity contribution is 5.73. The van der Waals surface area contributed by atoms with E-state index >= 15 is 0 Å². The highest BCUT2D eigenvalue weighted by Gasteiger charge is 2.19. The van der Waals surface area contributed by atoms with E-state index in [2.05, 4.69) is 14.2 Å². The maximum absolute atomic E-state index is 10.0. The summed E-state index contributed by atoms with van der Waals surface area (Å²) >= 11 is 0. The van der Waals surface area contributed by atoms with Crippen LogP contribution < -0.4 is 0 Å². The number of esters is 1. The van der Waals surface area contributed by atoms with E-state index in [0.29, 0.717) is 6.61 Å². The third kappa shape index (κ3) is 5.36. The Morgan fingerprint density at radius 1 is 1.71 bits per heavy atom. The minimum atomic E-state index is -0.995. The molecule has 0 aromatic carbocycles. The average molecular weight is 206 g/mol. The molecule has 1 saturated heterocycles. The molecule has 0 amide bonds. The smallest absolute Gasteiger partial charge is 0.467 e. The van der Waals surface area contributed by atoms with Crippen molar-refractivity contribution in [2.75, 3.05) is 13.7 Å². The van der Waals surface area contributed by atoms with E-state index in [1.54, 1.807) is 6.92 Å². The molecule has 82 valence electrons. The minimum Gasteiger partial charge on any atom is -0.467 e. The zero-order valence-electron chi connectivity index (χ0n) is 8.35. The number of methoxy groups -OCH3 is 1. The van der Waals surface area contributed by atoms with Crippen LogP contribution in [-0.2, 0) is 19.0 Å². The second-order valence-corrected chi connectivity index (χ2v) is 2.69. The number of hydrogen-bond acceptors (Lipinski definition) is 6. The first kappa shape index (κ1) is 12.7. The third-order valence-electron chi connectivity index (χ3n) is 1.28. The summed E-state index contributed by atoms with van der Waals surface area (Å²) in [5.41, 5.74) is 0. The Kier molecular flexibility index (Phi) is 5.62. The van der Waals surface area contributed by atoms with Gasteiger partial charge in [0, 0.05) is 0 Å².